The topological polar surface area (TPSA) is 35.6 Å². The quantitative estimate of drug-likeness (QED) is 0.484. The number of aromatic nitrogens is 4. The highest BCUT2D eigenvalue weighted by atomic mass is 32.2. The first-order chi connectivity index (χ1) is 11.7. The molecule has 0 unspecified atom stereocenters. The summed E-state index contributed by atoms with van der Waals surface area (Å²) in [5.74, 6) is 1.21. The van der Waals surface area contributed by atoms with E-state index in [9.17, 15) is 4.39 Å². The number of allylic oxidation sites excluding steroid dienone is 1. The summed E-state index contributed by atoms with van der Waals surface area (Å²) >= 11 is 1.49. The van der Waals surface area contributed by atoms with E-state index in [0.717, 1.165) is 11.0 Å². The van der Waals surface area contributed by atoms with Crippen LogP contribution in [0, 0.1) is 5.82 Å². The Morgan fingerprint density at radius 2 is 2.04 bits per heavy atom. The van der Waals surface area contributed by atoms with Crippen molar-refractivity contribution in [3.8, 4) is 0 Å². The van der Waals surface area contributed by atoms with Crippen molar-refractivity contribution in [1.82, 2.24) is 19.3 Å². The molecule has 4 nitrogen and oxygen atoms in total. The van der Waals surface area contributed by atoms with E-state index in [0.29, 0.717) is 24.3 Å². The Kier molecular flexibility index (Phi) is 5.15. The number of nitrogens with zero attached hydrogens (tertiary/aromatic N) is 4. The molecule has 0 saturated carbocycles. The van der Waals surface area contributed by atoms with Crippen molar-refractivity contribution in [1.29, 1.82) is 0 Å². The summed E-state index contributed by atoms with van der Waals surface area (Å²) in [6, 6.07) is 10.9. The summed E-state index contributed by atoms with van der Waals surface area (Å²) in [6.07, 6.45) is 4.53. The molecule has 6 heteroatoms. The normalized spacial score (nSPS) is 10.9. The molecule has 3 aromatic rings. The predicted octanol–water partition coefficient (Wildman–Crippen LogP) is 3.82. The molecule has 0 aliphatic heterocycles. The number of benzene rings is 1. The van der Waals surface area contributed by atoms with Crippen LogP contribution < -0.4 is 0 Å². The van der Waals surface area contributed by atoms with Crippen LogP contribution in [0.15, 0.2) is 60.4 Å². The van der Waals surface area contributed by atoms with E-state index in [4.69, 9.17) is 0 Å². The van der Waals surface area contributed by atoms with Crippen LogP contribution in [0.5, 0.6) is 0 Å². The molecule has 0 N–H and O–H groups in total. The predicted molar refractivity (Wildman–Crippen MR) is 94.4 cm³/mol. The summed E-state index contributed by atoms with van der Waals surface area (Å²) in [4.78, 5) is 0. The lowest BCUT2D eigenvalue weighted by molar-refractivity contribution is 0.617. The van der Waals surface area contributed by atoms with Crippen molar-refractivity contribution < 1.29 is 4.39 Å². The van der Waals surface area contributed by atoms with E-state index < -0.39 is 0 Å². The second-order valence-electron chi connectivity index (χ2n) is 5.47. The molecular formula is C18H19FN4S. The summed E-state index contributed by atoms with van der Waals surface area (Å²) in [5.41, 5.74) is 1.83. The minimum atomic E-state index is -0.191. The van der Waals surface area contributed by atoms with Crippen LogP contribution in [0.4, 0.5) is 4.39 Å². The maximum absolute atomic E-state index is 13.8. The first kappa shape index (κ1) is 16.5. The third-order valence-electron chi connectivity index (χ3n) is 3.81. The van der Waals surface area contributed by atoms with Crippen LogP contribution >= 0.6 is 11.8 Å². The van der Waals surface area contributed by atoms with Gasteiger partial charge in [0.25, 0.3) is 0 Å². The first-order valence-corrected chi connectivity index (χ1v) is 8.67. The molecule has 2 aromatic heterocycles. The molecule has 1 aromatic carbocycles. The summed E-state index contributed by atoms with van der Waals surface area (Å²) in [5, 5.41) is 9.39. The molecule has 0 aliphatic carbocycles. The fraction of sp³-hybridized carbons (Fsp3) is 0.222. The van der Waals surface area contributed by atoms with E-state index >= 15 is 0 Å². The van der Waals surface area contributed by atoms with Crippen LogP contribution in [0.2, 0.25) is 0 Å². The highest BCUT2D eigenvalue weighted by Gasteiger charge is 2.14. The molecule has 0 aliphatic rings. The summed E-state index contributed by atoms with van der Waals surface area (Å²) in [6.45, 7) is 4.45. The van der Waals surface area contributed by atoms with Gasteiger partial charge in [0.15, 0.2) is 5.16 Å². The molecule has 0 bridgehead atoms. The van der Waals surface area contributed by atoms with Crippen LogP contribution in [0.25, 0.3) is 0 Å². The lowest BCUT2D eigenvalue weighted by Gasteiger charge is -2.08. The number of halogens is 1. The third-order valence-corrected chi connectivity index (χ3v) is 4.83. The van der Waals surface area contributed by atoms with Gasteiger partial charge in [-0.25, -0.2) is 4.39 Å². The number of thioether (sulfide) groups is 1. The third kappa shape index (κ3) is 3.59. The van der Waals surface area contributed by atoms with Crippen molar-refractivity contribution >= 4 is 11.8 Å². The molecule has 0 fully saturated rings. The standard InChI is InChI=1S/C18H19FN4S/c1-3-10-23-17(12-15-8-6-11-22(15)2)20-21-18(23)24-13-14-7-4-5-9-16(14)19/h3-9,11H,1,10,12-13H2,2H3. The molecule has 0 spiro atoms. The second kappa shape index (κ2) is 7.49. The average Bonchev–Trinajstić information content (AvgIpc) is 3.15. The molecule has 0 amide bonds. The smallest absolute Gasteiger partial charge is 0.191 e. The van der Waals surface area contributed by atoms with E-state index in [2.05, 4.69) is 27.4 Å². The van der Waals surface area contributed by atoms with Gasteiger partial charge in [-0.05, 0) is 23.8 Å². The van der Waals surface area contributed by atoms with Crippen LogP contribution in [-0.2, 0) is 25.8 Å². The maximum atomic E-state index is 13.8. The highest BCUT2D eigenvalue weighted by Crippen LogP contribution is 2.24. The van der Waals surface area contributed by atoms with Gasteiger partial charge in [-0.15, -0.1) is 16.8 Å². The second-order valence-corrected chi connectivity index (χ2v) is 6.41. The number of aryl methyl sites for hydroxylation is 1. The van der Waals surface area contributed by atoms with Crippen molar-refractivity contribution in [2.24, 2.45) is 7.05 Å². The number of hydrogen-bond donors (Lipinski definition) is 0. The van der Waals surface area contributed by atoms with Gasteiger partial charge in [0.2, 0.25) is 0 Å². The molecule has 124 valence electrons. The van der Waals surface area contributed by atoms with Gasteiger partial charge in [0.1, 0.15) is 11.6 Å². The van der Waals surface area contributed by atoms with Gasteiger partial charge >= 0.3 is 0 Å². The Morgan fingerprint density at radius 3 is 2.75 bits per heavy atom. The summed E-state index contributed by atoms with van der Waals surface area (Å²) in [7, 11) is 2.01. The van der Waals surface area contributed by atoms with Gasteiger partial charge in [0, 0.05) is 37.7 Å². The van der Waals surface area contributed by atoms with Crippen molar-refractivity contribution in [2.75, 3.05) is 0 Å². The Morgan fingerprint density at radius 1 is 1.21 bits per heavy atom. The zero-order chi connectivity index (χ0) is 16.9. The van der Waals surface area contributed by atoms with Gasteiger partial charge in [-0.3, -0.25) is 0 Å². The molecule has 0 radical (unpaired) electrons. The largest absolute Gasteiger partial charge is 0.354 e. The molecule has 0 saturated heterocycles. The zero-order valence-electron chi connectivity index (χ0n) is 13.5. The molecule has 0 atom stereocenters. The lowest BCUT2D eigenvalue weighted by atomic mass is 10.2. The monoisotopic (exact) mass is 342 g/mol. The maximum Gasteiger partial charge on any atom is 0.191 e. The SMILES string of the molecule is C=CCn1c(Cc2cccn2C)nnc1SCc1ccccc1F. The van der Waals surface area contributed by atoms with Gasteiger partial charge in [-0.2, -0.15) is 0 Å². The van der Waals surface area contributed by atoms with Crippen molar-refractivity contribution in [3.05, 3.63) is 78.1 Å². The van der Waals surface area contributed by atoms with Crippen LogP contribution in [-0.4, -0.2) is 19.3 Å². The van der Waals surface area contributed by atoms with E-state index in [-0.39, 0.29) is 5.82 Å². The van der Waals surface area contributed by atoms with Gasteiger partial charge in [-0.1, -0.05) is 36.0 Å². The van der Waals surface area contributed by atoms with E-state index in [1.807, 2.05) is 36.0 Å². The average molecular weight is 342 g/mol. The minimum Gasteiger partial charge on any atom is -0.354 e. The van der Waals surface area contributed by atoms with E-state index in [1.54, 1.807) is 12.1 Å². The van der Waals surface area contributed by atoms with Gasteiger partial charge < -0.3 is 9.13 Å². The Bertz CT molecular complexity index is 837. The lowest BCUT2D eigenvalue weighted by Crippen LogP contribution is -2.07. The zero-order valence-corrected chi connectivity index (χ0v) is 14.3. The fourth-order valence-electron chi connectivity index (χ4n) is 2.47. The van der Waals surface area contributed by atoms with E-state index in [1.165, 1.54) is 23.5 Å². The minimum absolute atomic E-state index is 0.191. The Labute approximate surface area is 145 Å². The number of rotatable bonds is 7. The van der Waals surface area contributed by atoms with Crippen molar-refractivity contribution in [3.63, 3.8) is 0 Å². The van der Waals surface area contributed by atoms with Crippen LogP contribution in [0.3, 0.4) is 0 Å². The fourth-order valence-corrected chi connectivity index (χ4v) is 3.42. The van der Waals surface area contributed by atoms with Crippen LogP contribution in [0.1, 0.15) is 17.1 Å². The molecule has 2 heterocycles. The number of hydrogen-bond acceptors (Lipinski definition) is 3. The van der Waals surface area contributed by atoms with Crippen molar-refractivity contribution in [2.45, 2.75) is 23.9 Å². The highest BCUT2D eigenvalue weighted by molar-refractivity contribution is 7.98. The first-order valence-electron chi connectivity index (χ1n) is 7.68. The molecular weight excluding hydrogens is 323 g/mol. The van der Waals surface area contributed by atoms with Gasteiger partial charge in [0.05, 0.1) is 0 Å². The molecule has 24 heavy (non-hydrogen) atoms. The Balaban J connectivity index is 1.79. The Hall–Kier alpha value is -2.34. The summed E-state index contributed by atoms with van der Waals surface area (Å²) < 4.78 is 17.9. The molecule has 3 rings (SSSR count).